The zero-order valence-electron chi connectivity index (χ0n) is 12.9. The molecule has 0 aliphatic heterocycles. The van der Waals surface area contributed by atoms with Gasteiger partial charge in [0.15, 0.2) is 0 Å². The van der Waals surface area contributed by atoms with Crippen molar-refractivity contribution in [1.82, 2.24) is 5.43 Å². The van der Waals surface area contributed by atoms with E-state index < -0.39 is 0 Å². The fraction of sp³-hybridized carbons (Fsp3) is 0.0526. The summed E-state index contributed by atoms with van der Waals surface area (Å²) < 4.78 is 0. The number of fused-ring (bicyclic) bond motifs is 1. The fourth-order valence-electron chi connectivity index (χ4n) is 2.26. The highest BCUT2D eigenvalue weighted by Gasteiger charge is 2.00. The lowest BCUT2D eigenvalue weighted by molar-refractivity contribution is -0.119. The van der Waals surface area contributed by atoms with Crippen molar-refractivity contribution < 1.29 is 9.90 Å². The molecule has 0 saturated heterocycles. The first-order valence-electron chi connectivity index (χ1n) is 7.54. The lowest BCUT2D eigenvalue weighted by Crippen LogP contribution is -2.25. The zero-order chi connectivity index (χ0) is 16.8. The van der Waals surface area contributed by atoms with Gasteiger partial charge in [0.2, 0.25) is 0 Å². The van der Waals surface area contributed by atoms with Crippen LogP contribution in [0, 0.1) is 0 Å². The van der Waals surface area contributed by atoms with E-state index in [-0.39, 0.29) is 18.2 Å². The second kappa shape index (κ2) is 7.28. The summed E-state index contributed by atoms with van der Waals surface area (Å²) in [6.07, 6.45) is 1.52. The van der Waals surface area contributed by atoms with Crippen LogP contribution in [-0.4, -0.2) is 23.8 Å². The summed E-state index contributed by atoms with van der Waals surface area (Å²) >= 11 is 0. The van der Waals surface area contributed by atoms with Gasteiger partial charge in [-0.1, -0.05) is 30.3 Å². The molecule has 0 aliphatic carbocycles. The second-order valence-electron chi connectivity index (χ2n) is 5.30. The number of carbonyl (C=O) groups excluding carboxylic acids is 1. The third-order valence-electron chi connectivity index (χ3n) is 3.50. The van der Waals surface area contributed by atoms with Gasteiger partial charge in [-0.15, -0.1) is 0 Å². The summed E-state index contributed by atoms with van der Waals surface area (Å²) in [5, 5.41) is 18.4. The van der Waals surface area contributed by atoms with Crippen molar-refractivity contribution in [3.05, 3.63) is 72.3 Å². The number of benzene rings is 3. The van der Waals surface area contributed by atoms with Crippen molar-refractivity contribution in [2.75, 3.05) is 11.9 Å². The van der Waals surface area contributed by atoms with Crippen LogP contribution in [-0.2, 0) is 4.79 Å². The van der Waals surface area contributed by atoms with Crippen molar-refractivity contribution in [3.63, 3.8) is 0 Å². The Kier molecular flexibility index (Phi) is 4.72. The topological polar surface area (TPSA) is 73.7 Å². The van der Waals surface area contributed by atoms with Crippen LogP contribution in [0.1, 0.15) is 5.56 Å². The number of hydrogen-bond donors (Lipinski definition) is 3. The molecule has 0 fully saturated rings. The van der Waals surface area contributed by atoms with Crippen LogP contribution in [0.5, 0.6) is 5.75 Å². The van der Waals surface area contributed by atoms with Gasteiger partial charge in [-0.05, 0) is 52.7 Å². The average Bonchev–Trinajstić information content (AvgIpc) is 2.61. The minimum absolute atomic E-state index is 0.130. The molecule has 0 saturated carbocycles. The maximum Gasteiger partial charge on any atom is 0.259 e. The Morgan fingerprint density at radius 3 is 2.54 bits per heavy atom. The number of phenols is 1. The summed E-state index contributed by atoms with van der Waals surface area (Å²) in [6.45, 7) is 0.130. The number of phenolic OH excluding ortho intramolecular Hbond substituents is 1. The molecular formula is C19H17N3O2. The number of rotatable bonds is 5. The molecule has 0 spiro atoms. The Hall–Kier alpha value is -3.34. The monoisotopic (exact) mass is 319 g/mol. The highest BCUT2D eigenvalue weighted by atomic mass is 16.3. The molecule has 0 aromatic heterocycles. The fourth-order valence-corrected chi connectivity index (χ4v) is 2.26. The van der Waals surface area contributed by atoms with Crippen LogP contribution >= 0.6 is 0 Å². The summed E-state index contributed by atoms with van der Waals surface area (Å²) in [4.78, 5) is 11.8. The molecule has 3 aromatic rings. The molecule has 3 aromatic carbocycles. The molecule has 0 heterocycles. The Morgan fingerprint density at radius 2 is 1.75 bits per heavy atom. The van der Waals surface area contributed by atoms with Crippen molar-refractivity contribution in [2.24, 2.45) is 5.10 Å². The van der Waals surface area contributed by atoms with Gasteiger partial charge in [0.25, 0.3) is 5.91 Å². The molecule has 0 aliphatic rings. The molecule has 24 heavy (non-hydrogen) atoms. The molecule has 5 nitrogen and oxygen atoms in total. The van der Waals surface area contributed by atoms with E-state index >= 15 is 0 Å². The minimum atomic E-state index is -0.238. The van der Waals surface area contributed by atoms with Crippen LogP contribution in [0.3, 0.4) is 0 Å². The van der Waals surface area contributed by atoms with Crippen molar-refractivity contribution in [3.8, 4) is 5.75 Å². The van der Waals surface area contributed by atoms with Gasteiger partial charge in [0, 0.05) is 5.69 Å². The molecule has 5 heteroatoms. The van der Waals surface area contributed by atoms with E-state index in [1.807, 2.05) is 42.5 Å². The largest absolute Gasteiger partial charge is 0.508 e. The Bertz CT molecular complexity index is 873. The van der Waals surface area contributed by atoms with Gasteiger partial charge in [-0.3, -0.25) is 4.79 Å². The maximum absolute atomic E-state index is 11.8. The van der Waals surface area contributed by atoms with Gasteiger partial charge in [-0.2, -0.15) is 5.10 Å². The number of anilines is 1. The second-order valence-corrected chi connectivity index (χ2v) is 5.30. The van der Waals surface area contributed by atoms with E-state index in [0.717, 1.165) is 22.0 Å². The van der Waals surface area contributed by atoms with Crippen molar-refractivity contribution >= 4 is 28.6 Å². The maximum atomic E-state index is 11.8. The molecule has 1 amide bonds. The Labute approximate surface area is 139 Å². The third kappa shape index (κ3) is 4.10. The molecule has 0 unspecified atom stereocenters. The summed E-state index contributed by atoms with van der Waals surface area (Å²) in [5.74, 6) is -0.0473. The van der Waals surface area contributed by atoms with Crippen LogP contribution in [0.4, 0.5) is 5.69 Å². The lowest BCUT2D eigenvalue weighted by atomic mass is 10.1. The van der Waals surface area contributed by atoms with E-state index in [4.69, 9.17) is 0 Å². The first-order chi connectivity index (χ1) is 11.7. The van der Waals surface area contributed by atoms with E-state index in [9.17, 15) is 9.90 Å². The molecule has 0 atom stereocenters. The molecule has 0 radical (unpaired) electrons. The van der Waals surface area contributed by atoms with Crippen LogP contribution in [0.25, 0.3) is 10.8 Å². The van der Waals surface area contributed by atoms with Gasteiger partial charge in [0.05, 0.1) is 12.8 Å². The lowest BCUT2D eigenvalue weighted by Gasteiger charge is -2.06. The van der Waals surface area contributed by atoms with E-state index in [0.29, 0.717) is 0 Å². The predicted octanol–water partition coefficient (Wildman–Crippen LogP) is 3.11. The number of hydrogen-bond acceptors (Lipinski definition) is 4. The SMILES string of the molecule is O=C(CNc1ccc2ccccc2c1)N/N=C\c1ccc(O)cc1. The number of nitrogens with zero attached hydrogens (tertiary/aromatic N) is 1. The quantitative estimate of drug-likeness (QED) is 0.500. The molecule has 120 valence electrons. The third-order valence-corrected chi connectivity index (χ3v) is 3.50. The van der Waals surface area contributed by atoms with Gasteiger partial charge in [0.1, 0.15) is 5.75 Å². The van der Waals surface area contributed by atoms with E-state index in [1.54, 1.807) is 24.3 Å². The summed E-state index contributed by atoms with van der Waals surface area (Å²) in [7, 11) is 0. The number of carbonyl (C=O) groups is 1. The van der Waals surface area contributed by atoms with Crippen LogP contribution in [0.2, 0.25) is 0 Å². The predicted molar refractivity (Wildman–Crippen MR) is 96.3 cm³/mol. The van der Waals surface area contributed by atoms with Gasteiger partial charge in [-0.25, -0.2) is 5.43 Å². The molecule has 0 bridgehead atoms. The van der Waals surface area contributed by atoms with Crippen molar-refractivity contribution in [2.45, 2.75) is 0 Å². The van der Waals surface area contributed by atoms with E-state index in [1.165, 1.54) is 6.21 Å². The normalized spacial score (nSPS) is 10.8. The first-order valence-corrected chi connectivity index (χ1v) is 7.54. The smallest absolute Gasteiger partial charge is 0.259 e. The summed E-state index contributed by atoms with van der Waals surface area (Å²) in [5.41, 5.74) is 4.13. The number of nitrogens with one attached hydrogen (secondary N) is 2. The average molecular weight is 319 g/mol. The van der Waals surface area contributed by atoms with Gasteiger partial charge >= 0.3 is 0 Å². The number of aromatic hydroxyl groups is 1. The first kappa shape index (κ1) is 15.6. The van der Waals surface area contributed by atoms with Crippen LogP contribution < -0.4 is 10.7 Å². The molecule has 3 N–H and O–H groups in total. The Morgan fingerprint density at radius 1 is 1.00 bits per heavy atom. The van der Waals surface area contributed by atoms with E-state index in [2.05, 4.69) is 15.8 Å². The molecular weight excluding hydrogens is 302 g/mol. The minimum Gasteiger partial charge on any atom is -0.508 e. The standard InChI is InChI=1S/C19H17N3O2/c23-18-9-5-14(6-10-18)12-21-22-19(24)13-20-17-8-7-15-3-1-2-4-16(15)11-17/h1-12,20,23H,13H2,(H,22,24)/b21-12-. The summed E-state index contributed by atoms with van der Waals surface area (Å²) in [6, 6.07) is 20.5. The van der Waals surface area contributed by atoms with Crippen LogP contribution in [0.15, 0.2) is 71.8 Å². The van der Waals surface area contributed by atoms with Gasteiger partial charge < -0.3 is 10.4 Å². The van der Waals surface area contributed by atoms with Crippen molar-refractivity contribution in [1.29, 1.82) is 0 Å². The number of amides is 1. The number of hydrazone groups is 1. The Balaban J connectivity index is 1.52. The highest BCUT2D eigenvalue weighted by molar-refractivity contribution is 5.87. The molecule has 3 rings (SSSR count). The zero-order valence-corrected chi connectivity index (χ0v) is 12.9. The highest BCUT2D eigenvalue weighted by Crippen LogP contribution is 2.18.